The number of carbonyl (C=O) groups is 2. The summed E-state index contributed by atoms with van der Waals surface area (Å²) in [7, 11) is 3.94. The Morgan fingerprint density at radius 3 is 2.38 bits per heavy atom. The van der Waals surface area contributed by atoms with Crippen LogP contribution in [0.15, 0.2) is 59.7 Å². The van der Waals surface area contributed by atoms with Gasteiger partial charge in [0.2, 0.25) is 5.91 Å². The topological polar surface area (TPSA) is 92.7 Å². The van der Waals surface area contributed by atoms with Gasteiger partial charge >= 0.3 is 0 Å². The van der Waals surface area contributed by atoms with Crippen LogP contribution in [0.4, 0.5) is 5.69 Å². The molecule has 3 rings (SSSR count). The number of rotatable bonds is 7. The summed E-state index contributed by atoms with van der Waals surface area (Å²) in [6, 6.07) is 16.5. The molecule has 1 amide bonds. The Hall–Kier alpha value is -3.19. The summed E-state index contributed by atoms with van der Waals surface area (Å²) in [5.41, 5.74) is 3.67. The molecule has 0 radical (unpaired) electrons. The molecule has 0 aliphatic carbocycles. The minimum Gasteiger partial charge on any atom is -0.544 e. The molecule has 0 bridgehead atoms. The van der Waals surface area contributed by atoms with Gasteiger partial charge in [-0.25, -0.2) is 0 Å². The van der Waals surface area contributed by atoms with Gasteiger partial charge in [0, 0.05) is 33.1 Å². The number of hydrogen-bond donors (Lipinski definition) is 1. The summed E-state index contributed by atoms with van der Waals surface area (Å²) >= 11 is 0. The first-order valence-electron chi connectivity index (χ1n) is 9.60. The van der Waals surface area contributed by atoms with Crippen molar-refractivity contribution < 1.29 is 20.0 Å². The molecule has 152 valence electrons. The van der Waals surface area contributed by atoms with Gasteiger partial charge in [-0.05, 0) is 23.3 Å². The van der Waals surface area contributed by atoms with Gasteiger partial charge < -0.3 is 20.1 Å². The number of hydrazone groups is 1. The molecular weight excluding hydrogens is 368 g/mol. The van der Waals surface area contributed by atoms with E-state index in [-0.39, 0.29) is 5.91 Å². The molecule has 0 aromatic heterocycles. The van der Waals surface area contributed by atoms with E-state index < -0.39 is 18.2 Å². The molecule has 2 aromatic rings. The normalized spacial score (nSPS) is 17.0. The van der Waals surface area contributed by atoms with Gasteiger partial charge in [0.15, 0.2) is 6.17 Å². The molecule has 0 spiro atoms. The zero-order chi connectivity index (χ0) is 21.0. The Bertz CT molecular complexity index is 894. The van der Waals surface area contributed by atoms with Gasteiger partial charge in [-0.3, -0.25) is 4.79 Å². The van der Waals surface area contributed by atoms with E-state index in [0.717, 1.165) is 22.5 Å². The van der Waals surface area contributed by atoms with E-state index in [4.69, 9.17) is 0 Å². The summed E-state index contributed by atoms with van der Waals surface area (Å²) in [6.07, 6.45) is 0.375. The van der Waals surface area contributed by atoms with Crippen molar-refractivity contribution in [1.29, 1.82) is 0 Å². The fourth-order valence-electron chi connectivity index (χ4n) is 3.48. The van der Waals surface area contributed by atoms with E-state index >= 15 is 0 Å². The Morgan fingerprint density at radius 1 is 1.17 bits per heavy atom. The summed E-state index contributed by atoms with van der Waals surface area (Å²) in [4.78, 5) is 25.9. The number of anilines is 1. The third kappa shape index (κ3) is 5.00. The summed E-state index contributed by atoms with van der Waals surface area (Å²) in [6.45, 7) is 1.44. The molecule has 29 heavy (non-hydrogen) atoms. The molecule has 2 aromatic carbocycles. The Labute approximate surface area is 170 Å². The van der Waals surface area contributed by atoms with Crippen molar-refractivity contribution in [1.82, 2.24) is 5.01 Å². The average molecular weight is 394 g/mol. The largest absolute Gasteiger partial charge is 0.544 e. The minimum absolute atomic E-state index is 0.219. The van der Waals surface area contributed by atoms with Gasteiger partial charge in [0.1, 0.15) is 6.04 Å². The van der Waals surface area contributed by atoms with E-state index in [2.05, 4.69) is 5.10 Å². The SMILES string of the molecule is CC(=O)N1N=C(c2ccc(N(C)C)cc2)C[C@H]1[NH2+][C@@H](Cc1ccccc1)C(=O)[O-]. The highest BCUT2D eigenvalue weighted by Crippen LogP contribution is 2.20. The first-order chi connectivity index (χ1) is 13.8. The lowest BCUT2D eigenvalue weighted by Crippen LogP contribution is -3.00. The highest BCUT2D eigenvalue weighted by Gasteiger charge is 2.35. The molecular formula is C22H26N4O3. The molecule has 1 aliphatic heterocycles. The molecule has 0 saturated heterocycles. The fraction of sp³-hybridized carbons (Fsp3) is 0.318. The number of carbonyl (C=O) groups excluding carboxylic acids is 2. The lowest BCUT2D eigenvalue weighted by Gasteiger charge is -2.24. The van der Waals surface area contributed by atoms with Crippen LogP contribution < -0.4 is 15.3 Å². The van der Waals surface area contributed by atoms with Crippen molar-refractivity contribution >= 4 is 23.3 Å². The van der Waals surface area contributed by atoms with Gasteiger partial charge in [-0.2, -0.15) is 10.1 Å². The molecule has 1 heterocycles. The van der Waals surface area contributed by atoms with Crippen LogP contribution >= 0.6 is 0 Å². The maximum atomic E-state index is 12.1. The van der Waals surface area contributed by atoms with Crippen LogP contribution in [-0.2, 0) is 16.0 Å². The number of benzene rings is 2. The van der Waals surface area contributed by atoms with Gasteiger partial charge in [0.05, 0.1) is 18.1 Å². The lowest BCUT2D eigenvalue weighted by atomic mass is 10.0. The van der Waals surface area contributed by atoms with Crippen molar-refractivity contribution in [3.05, 3.63) is 65.7 Å². The predicted molar refractivity (Wildman–Crippen MR) is 109 cm³/mol. The Morgan fingerprint density at radius 2 is 1.83 bits per heavy atom. The number of amides is 1. The van der Waals surface area contributed by atoms with Crippen LogP contribution in [0.2, 0.25) is 0 Å². The number of hydrogen-bond acceptors (Lipinski definition) is 5. The third-order valence-corrected chi connectivity index (χ3v) is 5.04. The van der Waals surface area contributed by atoms with E-state index in [1.807, 2.05) is 73.6 Å². The van der Waals surface area contributed by atoms with Gasteiger partial charge in [-0.1, -0.05) is 42.5 Å². The average Bonchev–Trinajstić information content (AvgIpc) is 3.12. The highest BCUT2D eigenvalue weighted by molar-refractivity contribution is 6.03. The highest BCUT2D eigenvalue weighted by atomic mass is 16.4. The van der Waals surface area contributed by atoms with E-state index in [9.17, 15) is 14.7 Å². The van der Waals surface area contributed by atoms with E-state index in [1.54, 1.807) is 5.32 Å². The predicted octanol–water partition coefficient (Wildman–Crippen LogP) is -0.0404. The van der Waals surface area contributed by atoms with Crippen LogP contribution in [0, 0.1) is 0 Å². The van der Waals surface area contributed by atoms with Crippen molar-refractivity contribution in [3.63, 3.8) is 0 Å². The molecule has 0 unspecified atom stereocenters. The maximum Gasteiger partial charge on any atom is 0.244 e. The molecule has 2 atom stereocenters. The number of nitrogens with zero attached hydrogens (tertiary/aromatic N) is 3. The first-order valence-corrected chi connectivity index (χ1v) is 9.60. The second-order valence-electron chi connectivity index (χ2n) is 7.43. The summed E-state index contributed by atoms with van der Waals surface area (Å²) < 4.78 is 0. The molecule has 2 N–H and O–H groups in total. The maximum absolute atomic E-state index is 12.1. The third-order valence-electron chi connectivity index (χ3n) is 5.04. The fourth-order valence-corrected chi connectivity index (χ4v) is 3.48. The summed E-state index contributed by atoms with van der Waals surface area (Å²) in [5.74, 6) is -1.37. The van der Waals surface area contributed by atoms with Crippen molar-refractivity contribution in [2.24, 2.45) is 5.10 Å². The second kappa shape index (κ2) is 8.87. The van der Waals surface area contributed by atoms with Crippen LogP contribution in [-0.4, -0.2) is 48.9 Å². The number of nitrogens with two attached hydrogens (primary N) is 1. The second-order valence-corrected chi connectivity index (χ2v) is 7.43. The minimum atomic E-state index is -1.15. The number of aliphatic carboxylic acids is 1. The van der Waals surface area contributed by atoms with Crippen molar-refractivity contribution in [3.8, 4) is 0 Å². The standard InChI is InChI=1S/C22H26N4O3/c1-15(27)26-21(23-20(22(28)29)13-16-7-5-4-6-8-16)14-19(24-26)17-9-11-18(12-10-17)25(2)3/h4-12,20-21,23H,13-14H2,1-3H3,(H,28,29)/t20-,21-/m0/s1. The molecule has 7 nitrogen and oxygen atoms in total. The summed E-state index contributed by atoms with van der Waals surface area (Å²) in [5, 5.41) is 19.3. The Kier molecular flexibility index (Phi) is 6.29. The number of carboxylic acids is 1. The Balaban J connectivity index is 1.76. The van der Waals surface area contributed by atoms with Crippen LogP contribution in [0.5, 0.6) is 0 Å². The molecule has 0 saturated carbocycles. The molecule has 0 fully saturated rings. The van der Waals surface area contributed by atoms with Crippen LogP contribution in [0.25, 0.3) is 0 Å². The number of carboxylic acid groups (broad SMARTS) is 1. The monoisotopic (exact) mass is 394 g/mol. The quantitative estimate of drug-likeness (QED) is 0.713. The van der Waals surface area contributed by atoms with Crippen molar-refractivity contribution in [2.45, 2.75) is 32.0 Å². The first kappa shape index (κ1) is 20.5. The van der Waals surface area contributed by atoms with Crippen LogP contribution in [0.1, 0.15) is 24.5 Å². The zero-order valence-corrected chi connectivity index (χ0v) is 16.9. The smallest absolute Gasteiger partial charge is 0.244 e. The van der Waals surface area contributed by atoms with Crippen molar-refractivity contribution in [2.75, 3.05) is 19.0 Å². The van der Waals surface area contributed by atoms with Gasteiger partial charge in [0.25, 0.3) is 0 Å². The van der Waals surface area contributed by atoms with E-state index in [0.29, 0.717) is 12.8 Å². The van der Waals surface area contributed by atoms with Crippen LogP contribution in [0.3, 0.4) is 0 Å². The molecule has 1 aliphatic rings. The lowest BCUT2D eigenvalue weighted by molar-refractivity contribution is -0.728. The van der Waals surface area contributed by atoms with E-state index in [1.165, 1.54) is 11.9 Å². The zero-order valence-electron chi connectivity index (χ0n) is 16.9. The molecule has 7 heteroatoms. The number of quaternary nitrogens is 1. The van der Waals surface area contributed by atoms with Gasteiger partial charge in [-0.15, -0.1) is 0 Å².